The number of nitrogens with one attached hydrogen (secondary N) is 1. The zero-order chi connectivity index (χ0) is 18.4. The minimum atomic E-state index is 0.126. The van der Waals surface area contributed by atoms with Crippen LogP contribution in [0.5, 0.6) is 17.2 Å². The number of para-hydroxylation sites is 2. The van der Waals surface area contributed by atoms with E-state index in [0.29, 0.717) is 17.9 Å². The van der Waals surface area contributed by atoms with Crippen molar-refractivity contribution in [2.75, 3.05) is 33.9 Å². The molecule has 2 aromatic carbocycles. The van der Waals surface area contributed by atoms with Crippen LogP contribution >= 0.6 is 0 Å². The average Bonchev–Trinajstić information content (AvgIpc) is 3.21. The summed E-state index contributed by atoms with van der Waals surface area (Å²) in [5.74, 6) is 1.50. The summed E-state index contributed by atoms with van der Waals surface area (Å²) in [6.45, 7) is 2.96. The maximum Gasteiger partial charge on any atom is 0.166 e. The van der Waals surface area contributed by atoms with Gasteiger partial charge in [0.1, 0.15) is 11.8 Å². The second-order valence-electron chi connectivity index (χ2n) is 6.55. The molecule has 0 amide bonds. The van der Waals surface area contributed by atoms with E-state index in [1.54, 1.807) is 31.4 Å². The quantitative estimate of drug-likeness (QED) is 0.749. The number of hydrogen-bond acceptors (Lipinski definition) is 4. The molecule has 2 N–H and O–H groups in total. The van der Waals surface area contributed by atoms with Gasteiger partial charge in [-0.2, -0.15) is 0 Å². The van der Waals surface area contributed by atoms with Crippen LogP contribution < -0.4 is 14.4 Å². The lowest BCUT2D eigenvalue weighted by Crippen LogP contribution is -3.10. The second-order valence-corrected chi connectivity index (χ2v) is 6.55. The third-order valence-electron chi connectivity index (χ3n) is 5.02. The Hall–Kier alpha value is -2.53. The molecule has 0 radical (unpaired) electrons. The largest absolute Gasteiger partial charge is 0.504 e. The number of benzene rings is 2. The topological polar surface area (TPSA) is 55.5 Å². The number of aliphatic imine (C=N–C) groups is 1. The third-order valence-corrected chi connectivity index (χ3v) is 5.02. The van der Waals surface area contributed by atoms with Crippen molar-refractivity contribution in [3.05, 3.63) is 53.6 Å². The number of methoxy groups -OCH3 is 2. The van der Waals surface area contributed by atoms with Crippen LogP contribution in [0.3, 0.4) is 0 Å². The molecule has 26 heavy (non-hydrogen) atoms. The van der Waals surface area contributed by atoms with Crippen LogP contribution in [0, 0.1) is 0 Å². The van der Waals surface area contributed by atoms with E-state index in [9.17, 15) is 5.11 Å². The molecule has 138 valence electrons. The van der Waals surface area contributed by atoms with E-state index in [4.69, 9.17) is 9.47 Å². The smallest absolute Gasteiger partial charge is 0.166 e. The van der Waals surface area contributed by atoms with Gasteiger partial charge in [0.15, 0.2) is 11.5 Å². The van der Waals surface area contributed by atoms with Gasteiger partial charge in [0.05, 0.1) is 39.4 Å². The Labute approximate surface area is 154 Å². The second kappa shape index (κ2) is 8.72. The summed E-state index contributed by atoms with van der Waals surface area (Å²) in [5, 5.41) is 10.2. The summed E-state index contributed by atoms with van der Waals surface area (Å²) in [7, 11) is 3.26. The molecule has 0 spiro atoms. The standard InChI is InChI=1S/C21H26N2O3/c1-25-19-10-4-3-9-17(19)18(23-12-5-6-13-23)15-22-14-16-8-7-11-20(26-2)21(16)24/h3-4,7-11,14,18,24H,5-6,12-13,15H2,1-2H3/p+1/t18-/m0/s1. The number of phenols is 1. The summed E-state index contributed by atoms with van der Waals surface area (Å²) in [4.78, 5) is 6.20. The first-order valence-corrected chi connectivity index (χ1v) is 9.08. The van der Waals surface area contributed by atoms with Crippen molar-refractivity contribution in [2.45, 2.75) is 18.9 Å². The van der Waals surface area contributed by atoms with Crippen LogP contribution in [0.4, 0.5) is 0 Å². The van der Waals surface area contributed by atoms with E-state index < -0.39 is 0 Å². The number of rotatable bonds is 7. The van der Waals surface area contributed by atoms with Gasteiger partial charge in [-0.3, -0.25) is 4.99 Å². The molecule has 0 saturated carbocycles. The third kappa shape index (κ3) is 3.99. The number of hydrogen-bond donors (Lipinski definition) is 2. The molecule has 3 rings (SSSR count). The Morgan fingerprint density at radius 1 is 1.04 bits per heavy atom. The summed E-state index contributed by atoms with van der Waals surface area (Å²) in [5.41, 5.74) is 1.86. The molecule has 5 heteroatoms. The molecule has 0 aliphatic carbocycles. The molecule has 1 aliphatic rings. The van der Waals surface area contributed by atoms with Crippen LogP contribution in [0.1, 0.15) is 30.0 Å². The van der Waals surface area contributed by atoms with Crippen molar-refractivity contribution < 1.29 is 19.5 Å². The molecule has 0 bridgehead atoms. The van der Waals surface area contributed by atoms with Gasteiger partial charge in [0, 0.05) is 24.6 Å². The number of likely N-dealkylation sites (tertiary alicyclic amines) is 1. The molecule has 1 fully saturated rings. The molecule has 0 aromatic heterocycles. The SMILES string of the molecule is COc1ccccc1[C@H](CN=Cc1cccc(OC)c1O)[NH+]1CCCC1. The fraction of sp³-hybridized carbons (Fsp3) is 0.381. The van der Waals surface area contributed by atoms with E-state index in [-0.39, 0.29) is 11.8 Å². The summed E-state index contributed by atoms with van der Waals surface area (Å²) < 4.78 is 10.7. The van der Waals surface area contributed by atoms with E-state index in [1.165, 1.54) is 18.4 Å². The van der Waals surface area contributed by atoms with Crippen LogP contribution in [0.25, 0.3) is 0 Å². The van der Waals surface area contributed by atoms with Crippen molar-refractivity contribution in [1.82, 2.24) is 0 Å². The first kappa shape index (κ1) is 18.3. The van der Waals surface area contributed by atoms with Crippen LogP contribution in [0.2, 0.25) is 0 Å². The molecule has 1 aliphatic heterocycles. The summed E-state index contributed by atoms with van der Waals surface area (Å²) in [6.07, 6.45) is 4.23. The van der Waals surface area contributed by atoms with E-state index in [1.807, 2.05) is 24.3 Å². The van der Waals surface area contributed by atoms with Crippen molar-refractivity contribution >= 4 is 6.21 Å². The van der Waals surface area contributed by atoms with Gasteiger partial charge in [0.2, 0.25) is 0 Å². The van der Waals surface area contributed by atoms with E-state index in [2.05, 4.69) is 17.1 Å². The average molecular weight is 355 g/mol. The molecule has 1 saturated heterocycles. The van der Waals surface area contributed by atoms with Crippen LogP contribution in [0.15, 0.2) is 47.5 Å². The lowest BCUT2D eigenvalue weighted by Gasteiger charge is -2.25. The minimum absolute atomic E-state index is 0.126. The molecule has 2 aromatic rings. The highest BCUT2D eigenvalue weighted by Gasteiger charge is 2.29. The lowest BCUT2D eigenvalue weighted by molar-refractivity contribution is -0.918. The fourth-order valence-corrected chi connectivity index (χ4v) is 3.64. The zero-order valence-electron chi connectivity index (χ0n) is 15.4. The van der Waals surface area contributed by atoms with Crippen LogP contribution in [-0.4, -0.2) is 45.2 Å². The highest BCUT2D eigenvalue weighted by Crippen LogP contribution is 2.28. The van der Waals surface area contributed by atoms with Gasteiger partial charge in [-0.1, -0.05) is 18.2 Å². The van der Waals surface area contributed by atoms with Gasteiger partial charge in [-0.25, -0.2) is 0 Å². The fourth-order valence-electron chi connectivity index (χ4n) is 3.64. The van der Waals surface area contributed by atoms with Crippen LogP contribution in [-0.2, 0) is 0 Å². The maximum absolute atomic E-state index is 10.2. The molecule has 1 atom stereocenters. The lowest BCUT2D eigenvalue weighted by atomic mass is 10.0. The Bertz CT molecular complexity index is 755. The molecule has 0 unspecified atom stereocenters. The van der Waals surface area contributed by atoms with Crippen molar-refractivity contribution in [3.8, 4) is 17.2 Å². The normalized spacial score (nSPS) is 16.1. The van der Waals surface area contributed by atoms with Gasteiger partial charge in [-0.05, 0) is 24.3 Å². The van der Waals surface area contributed by atoms with E-state index in [0.717, 1.165) is 18.8 Å². The molecule has 5 nitrogen and oxygen atoms in total. The molecule has 1 heterocycles. The highest BCUT2D eigenvalue weighted by atomic mass is 16.5. The molecular formula is C21H27N2O3+. The van der Waals surface area contributed by atoms with Gasteiger partial charge < -0.3 is 19.5 Å². The zero-order valence-corrected chi connectivity index (χ0v) is 15.4. The van der Waals surface area contributed by atoms with Gasteiger partial charge in [-0.15, -0.1) is 0 Å². The minimum Gasteiger partial charge on any atom is -0.504 e. The predicted octanol–water partition coefficient (Wildman–Crippen LogP) is 2.25. The first-order valence-electron chi connectivity index (χ1n) is 9.08. The summed E-state index contributed by atoms with van der Waals surface area (Å²) >= 11 is 0. The Morgan fingerprint density at radius 3 is 2.46 bits per heavy atom. The Balaban J connectivity index is 1.83. The van der Waals surface area contributed by atoms with E-state index >= 15 is 0 Å². The number of quaternary nitrogens is 1. The Morgan fingerprint density at radius 2 is 1.73 bits per heavy atom. The maximum atomic E-state index is 10.2. The van der Waals surface area contributed by atoms with Crippen molar-refractivity contribution in [2.24, 2.45) is 4.99 Å². The molecular weight excluding hydrogens is 328 g/mol. The van der Waals surface area contributed by atoms with Crippen molar-refractivity contribution in [1.29, 1.82) is 0 Å². The monoisotopic (exact) mass is 355 g/mol. The number of ether oxygens (including phenoxy) is 2. The highest BCUT2D eigenvalue weighted by molar-refractivity contribution is 5.84. The summed E-state index contributed by atoms with van der Waals surface area (Å²) in [6, 6.07) is 13.9. The van der Waals surface area contributed by atoms with Crippen molar-refractivity contribution in [3.63, 3.8) is 0 Å². The number of nitrogens with zero attached hydrogens (tertiary/aromatic N) is 1. The first-order chi connectivity index (χ1) is 12.7. The number of aromatic hydroxyl groups is 1. The number of phenolic OH excluding ortho intramolecular Hbond substituents is 1. The van der Waals surface area contributed by atoms with Gasteiger partial charge >= 0.3 is 0 Å². The van der Waals surface area contributed by atoms with Gasteiger partial charge in [0.25, 0.3) is 0 Å². The Kier molecular flexibility index (Phi) is 6.12. The predicted molar refractivity (Wildman–Crippen MR) is 103 cm³/mol.